The average Bonchev–Trinajstić information content (AvgIpc) is 2.21. The molecule has 0 saturated heterocycles. The van der Waals surface area contributed by atoms with Crippen LogP contribution in [-0.2, 0) is 4.79 Å². The van der Waals surface area contributed by atoms with E-state index in [9.17, 15) is 4.79 Å². The molecule has 1 aromatic carbocycles. The van der Waals surface area contributed by atoms with Crippen LogP contribution >= 0.6 is 0 Å². The summed E-state index contributed by atoms with van der Waals surface area (Å²) in [5.41, 5.74) is 1.70. The van der Waals surface area contributed by atoms with E-state index < -0.39 is 5.91 Å². The molecule has 14 heavy (non-hydrogen) atoms. The van der Waals surface area contributed by atoms with Gasteiger partial charge in [-0.2, -0.15) is 0 Å². The second-order valence-electron chi connectivity index (χ2n) is 2.89. The van der Waals surface area contributed by atoms with E-state index in [-0.39, 0.29) is 5.71 Å². The van der Waals surface area contributed by atoms with Crippen molar-refractivity contribution >= 4 is 11.6 Å². The molecule has 0 radical (unpaired) electrons. The van der Waals surface area contributed by atoms with Gasteiger partial charge in [0.05, 0.1) is 0 Å². The second-order valence-corrected chi connectivity index (χ2v) is 2.89. The van der Waals surface area contributed by atoms with Crippen molar-refractivity contribution in [2.45, 2.75) is 6.92 Å². The Morgan fingerprint density at radius 1 is 1.36 bits per heavy atom. The molecule has 1 amide bonds. The first kappa shape index (κ1) is 10.2. The Hall–Kier alpha value is -1.84. The van der Waals surface area contributed by atoms with Gasteiger partial charge in [-0.1, -0.05) is 35.0 Å². The number of hydrogen-bond donors (Lipinski definition) is 2. The fourth-order valence-corrected chi connectivity index (χ4v) is 1.06. The molecule has 74 valence electrons. The van der Waals surface area contributed by atoms with Crippen molar-refractivity contribution in [1.82, 2.24) is 5.32 Å². The molecule has 0 spiro atoms. The molecule has 0 aliphatic rings. The van der Waals surface area contributed by atoms with Crippen molar-refractivity contribution in [2.75, 3.05) is 7.05 Å². The highest BCUT2D eigenvalue weighted by molar-refractivity contribution is 6.45. The minimum atomic E-state index is -0.406. The summed E-state index contributed by atoms with van der Waals surface area (Å²) >= 11 is 0. The van der Waals surface area contributed by atoms with Gasteiger partial charge in [0.25, 0.3) is 5.91 Å². The van der Waals surface area contributed by atoms with Crippen LogP contribution in [0, 0.1) is 6.92 Å². The van der Waals surface area contributed by atoms with Crippen molar-refractivity contribution in [3.05, 3.63) is 35.4 Å². The van der Waals surface area contributed by atoms with Crippen LogP contribution in [0.4, 0.5) is 0 Å². The predicted molar refractivity (Wildman–Crippen MR) is 53.6 cm³/mol. The van der Waals surface area contributed by atoms with Gasteiger partial charge in [-0.25, -0.2) is 0 Å². The summed E-state index contributed by atoms with van der Waals surface area (Å²) in [6, 6.07) is 7.17. The Morgan fingerprint density at radius 3 is 2.36 bits per heavy atom. The maximum Gasteiger partial charge on any atom is 0.273 e. The fraction of sp³-hybridized carbons (Fsp3) is 0.200. The summed E-state index contributed by atoms with van der Waals surface area (Å²) in [6.07, 6.45) is 0. The second kappa shape index (κ2) is 4.41. The number of carbonyl (C=O) groups is 1. The Balaban J connectivity index is 3.03. The number of benzene rings is 1. The molecule has 4 nitrogen and oxygen atoms in total. The minimum absolute atomic E-state index is 0.0208. The number of nitrogens with zero attached hydrogens (tertiary/aromatic N) is 1. The van der Waals surface area contributed by atoms with Crippen molar-refractivity contribution in [3.8, 4) is 0 Å². The van der Waals surface area contributed by atoms with Crippen LogP contribution in [0.3, 0.4) is 0 Å². The van der Waals surface area contributed by atoms with Crippen LogP contribution in [0.15, 0.2) is 29.4 Å². The fourth-order valence-electron chi connectivity index (χ4n) is 1.06. The number of rotatable bonds is 2. The topological polar surface area (TPSA) is 61.7 Å². The van der Waals surface area contributed by atoms with Gasteiger partial charge in [0, 0.05) is 12.6 Å². The first-order valence-corrected chi connectivity index (χ1v) is 4.20. The largest absolute Gasteiger partial charge is 0.410 e. The molecule has 0 unspecified atom stereocenters. The highest BCUT2D eigenvalue weighted by Crippen LogP contribution is 2.04. The van der Waals surface area contributed by atoms with E-state index in [1.807, 2.05) is 19.1 Å². The molecule has 0 saturated carbocycles. The first-order valence-electron chi connectivity index (χ1n) is 4.20. The standard InChI is InChI=1S/C10H12N2O2/c1-7-3-5-8(6-4-7)9(12-14)10(13)11-2/h3-6,14H,1-2H3,(H,11,13)/b12-9+. The Bertz CT molecular complexity index is 355. The van der Waals surface area contributed by atoms with Gasteiger partial charge in [0.15, 0.2) is 5.71 Å². The monoisotopic (exact) mass is 192 g/mol. The van der Waals surface area contributed by atoms with Gasteiger partial charge in [-0.15, -0.1) is 0 Å². The maximum atomic E-state index is 11.2. The third kappa shape index (κ3) is 2.10. The van der Waals surface area contributed by atoms with Crippen molar-refractivity contribution in [3.63, 3.8) is 0 Å². The van der Waals surface area contributed by atoms with E-state index in [1.54, 1.807) is 12.1 Å². The van der Waals surface area contributed by atoms with E-state index in [1.165, 1.54) is 7.05 Å². The van der Waals surface area contributed by atoms with E-state index >= 15 is 0 Å². The summed E-state index contributed by atoms with van der Waals surface area (Å²) in [5.74, 6) is -0.406. The van der Waals surface area contributed by atoms with Crippen LogP contribution in [0.2, 0.25) is 0 Å². The third-order valence-electron chi connectivity index (χ3n) is 1.87. The van der Waals surface area contributed by atoms with Gasteiger partial charge >= 0.3 is 0 Å². The molecular formula is C10H12N2O2. The number of carbonyl (C=O) groups excluding carboxylic acids is 1. The molecule has 0 heterocycles. The van der Waals surface area contributed by atoms with Crippen LogP contribution < -0.4 is 5.32 Å². The molecule has 0 atom stereocenters. The van der Waals surface area contributed by atoms with Crippen LogP contribution in [-0.4, -0.2) is 23.9 Å². The predicted octanol–water partition coefficient (Wildman–Crippen LogP) is 0.919. The summed E-state index contributed by atoms with van der Waals surface area (Å²) in [5, 5.41) is 14.0. The molecule has 4 heteroatoms. The van der Waals surface area contributed by atoms with Crippen molar-refractivity contribution in [1.29, 1.82) is 0 Å². The Labute approximate surface area is 82.2 Å². The van der Waals surface area contributed by atoms with E-state index in [4.69, 9.17) is 5.21 Å². The van der Waals surface area contributed by atoms with E-state index in [2.05, 4.69) is 10.5 Å². The SMILES string of the molecule is CNC(=O)/C(=N/O)c1ccc(C)cc1. The zero-order chi connectivity index (χ0) is 10.6. The number of likely N-dealkylation sites (N-methyl/N-ethyl adjacent to an activating group) is 1. The molecule has 1 aromatic rings. The highest BCUT2D eigenvalue weighted by Gasteiger charge is 2.12. The number of nitrogens with one attached hydrogen (secondary N) is 1. The number of hydrogen-bond acceptors (Lipinski definition) is 3. The van der Waals surface area contributed by atoms with E-state index in [0.717, 1.165) is 5.56 Å². The van der Waals surface area contributed by atoms with Crippen LogP contribution in [0.5, 0.6) is 0 Å². The van der Waals surface area contributed by atoms with Gasteiger partial charge in [0.2, 0.25) is 0 Å². The molecule has 0 aromatic heterocycles. The van der Waals surface area contributed by atoms with Gasteiger partial charge in [-0.3, -0.25) is 4.79 Å². The van der Waals surface area contributed by atoms with Crippen LogP contribution in [0.25, 0.3) is 0 Å². The molecular weight excluding hydrogens is 180 g/mol. The van der Waals surface area contributed by atoms with Gasteiger partial charge in [0.1, 0.15) is 0 Å². The van der Waals surface area contributed by atoms with Gasteiger partial charge in [-0.05, 0) is 6.92 Å². The molecule has 0 aliphatic heterocycles. The quantitative estimate of drug-likeness (QED) is 0.416. The normalized spacial score (nSPS) is 11.1. The summed E-state index contributed by atoms with van der Waals surface area (Å²) in [7, 11) is 1.49. The lowest BCUT2D eigenvalue weighted by atomic mass is 10.1. The number of amides is 1. The first-order chi connectivity index (χ1) is 6.69. The number of oxime groups is 1. The highest BCUT2D eigenvalue weighted by atomic mass is 16.4. The van der Waals surface area contributed by atoms with Crippen molar-refractivity contribution in [2.24, 2.45) is 5.16 Å². The molecule has 0 fully saturated rings. The van der Waals surface area contributed by atoms with Crippen LogP contribution in [0.1, 0.15) is 11.1 Å². The number of aryl methyl sites for hydroxylation is 1. The van der Waals surface area contributed by atoms with Crippen molar-refractivity contribution < 1.29 is 10.0 Å². The average molecular weight is 192 g/mol. The smallest absolute Gasteiger partial charge is 0.273 e. The Morgan fingerprint density at radius 2 is 1.93 bits per heavy atom. The lowest BCUT2D eigenvalue weighted by Gasteiger charge is -2.02. The molecule has 1 rings (SSSR count). The zero-order valence-corrected chi connectivity index (χ0v) is 8.11. The third-order valence-corrected chi connectivity index (χ3v) is 1.87. The van der Waals surface area contributed by atoms with Gasteiger partial charge < -0.3 is 10.5 Å². The molecule has 0 aliphatic carbocycles. The van der Waals surface area contributed by atoms with E-state index in [0.29, 0.717) is 5.56 Å². The maximum absolute atomic E-state index is 11.2. The zero-order valence-electron chi connectivity index (χ0n) is 8.11. The Kier molecular flexibility index (Phi) is 3.23. The lowest BCUT2D eigenvalue weighted by molar-refractivity contribution is -0.114. The lowest BCUT2D eigenvalue weighted by Crippen LogP contribution is -2.28. The molecule has 0 bridgehead atoms. The summed E-state index contributed by atoms with van der Waals surface area (Å²) in [6.45, 7) is 1.94. The molecule has 2 N–H and O–H groups in total. The summed E-state index contributed by atoms with van der Waals surface area (Å²) < 4.78 is 0. The minimum Gasteiger partial charge on any atom is -0.410 e. The summed E-state index contributed by atoms with van der Waals surface area (Å²) in [4.78, 5) is 11.2.